The first-order chi connectivity index (χ1) is 16.4. The van der Waals surface area contributed by atoms with Gasteiger partial charge in [0.15, 0.2) is 5.76 Å². The van der Waals surface area contributed by atoms with Crippen LogP contribution in [0.1, 0.15) is 28.6 Å². The number of ether oxygens (including phenoxy) is 2. The van der Waals surface area contributed by atoms with Crippen molar-refractivity contribution < 1.29 is 18.7 Å². The average molecular weight is 562 g/mol. The summed E-state index contributed by atoms with van der Waals surface area (Å²) in [5, 5.41) is 5.91. The van der Waals surface area contributed by atoms with Crippen molar-refractivity contribution in [3.05, 3.63) is 92.1 Å². The number of rotatable bonds is 8. The van der Waals surface area contributed by atoms with E-state index >= 15 is 0 Å². The maximum absolute atomic E-state index is 12.5. The maximum Gasteiger partial charge on any atom is 0.307 e. The standard InChI is InChI=1S/C25H19BrCl2N2O4/c1-2-32-20-6-8-23-16(10-20)11-24(34-23)25(31)30-29-13-17-9-18(26)4-7-22(17)33-14-15-3-5-19(27)12-21(15)28/h3-13H,2,14H2,1H3,(H,30,31)/b29-13+. The van der Waals surface area contributed by atoms with E-state index in [1.165, 1.54) is 6.21 Å². The first-order valence-electron chi connectivity index (χ1n) is 10.3. The van der Waals surface area contributed by atoms with Crippen LogP contribution in [0.3, 0.4) is 0 Å². The van der Waals surface area contributed by atoms with Crippen LogP contribution in [0.2, 0.25) is 10.0 Å². The van der Waals surface area contributed by atoms with Gasteiger partial charge in [0, 0.05) is 31.0 Å². The lowest BCUT2D eigenvalue weighted by Gasteiger charge is -2.11. The largest absolute Gasteiger partial charge is 0.494 e. The van der Waals surface area contributed by atoms with E-state index in [4.69, 9.17) is 37.1 Å². The molecule has 0 bridgehead atoms. The number of amides is 1. The van der Waals surface area contributed by atoms with Gasteiger partial charge in [-0.3, -0.25) is 4.79 Å². The highest BCUT2D eigenvalue weighted by Crippen LogP contribution is 2.26. The van der Waals surface area contributed by atoms with Crippen LogP contribution >= 0.6 is 39.1 Å². The van der Waals surface area contributed by atoms with Gasteiger partial charge in [0.25, 0.3) is 0 Å². The molecule has 0 aliphatic carbocycles. The molecule has 0 fully saturated rings. The number of fused-ring (bicyclic) bond motifs is 1. The number of nitrogens with zero attached hydrogens (tertiary/aromatic N) is 1. The number of carbonyl (C=O) groups is 1. The molecule has 0 saturated carbocycles. The summed E-state index contributed by atoms with van der Waals surface area (Å²) in [5.41, 5.74) is 4.52. The molecule has 1 heterocycles. The van der Waals surface area contributed by atoms with Crippen molar-refractivity contribution in [2.75, 3.05) is 6.61 Å². The quantitative estimate of drug-likeness (QED) is 0.182. The molecule has 0 saturated heterocycles. The molecule has 0 atom stereocenters. The number of hydrogen-bond donors (Lipinski definition) is 1. The minimum Gasteiger partial charge on any atom is -0.494 e. The zero-order chi connectivity index (χ0) is 24.1. The average Bonchev–Trinajstić information content (AvgIpc) is 3.23. The highest BCUT2D eigenvalue weighted by molar-refractivity contribution is 9.10. The second kappa shape index (κ2) is 11.0. The van der Waals surface area contributed by atoms with Crippen LogP contribution in [-0.4, -0.2) is 18.7 Å². The molecule has 1 aromatic heterocycles. The summed E-state index contributed by atoms with van der Waals surface area (Å²) in [6.07, 6.45) is 1.50. The van der Waals surface area contributed by atoms with Gasteiger partial charge in [0.1, 0.15) is 23.7 Å². The molecular weight excluding hydrogens is 543 g/mol. The van der Waals surface area contributed by atoms with E-state index in [0.29, 0.717) is 39.3 Å². The summed E-state index contributed by atoms with van der Waals surface area (Å²) >= 11 is 15.6. The fourth-order valence-electron chi connectivity index (χ4n) is 3.15. The number of carbonyl (C=O) groups excluding carboxylic acids is 1. The van der Waals surface area contributed by atoms with Crippen LogP contribution in [0.15, 0.2) is 74.7 Å². The first-order valence-corrected chi connectivity index (χ1v) is 11.8. The third-order valence-corrected chi connectivity index (χ3v) is 5.84. The molecule has 0 unspecified atom stereocenters. The summed E-state index contributed by atoms with van der Waals surface area (Å²) in [6.45, 7) is 2.71. The van der Waals surface area contributed by atoms with Crippen molar-refractivity contribution in [1.29, 1.82) is 0 Å². The Morgan fingerprint density at radius 3 is 2.74 bits per heavy atom. The van der Waals surface area contributed by atoms with Crippen LogP contribution in [0, 0.1) is 0 Å². The molecule has 34 heavy (non-hydrogen) atoms. The van der Waals surface area contributed by atoms with Gasteiger partial charge in [0.05, 0.1) is 12.8 Å². The van der Waals surface area contributed by atoms with Gasteiger partial charge in [-0.1, -0.05) is 45.2 Å². The molecule has 0 aliphatic heterocycles. The summed E-state index contributed by atoms with van der Waals surface area (Å²) in [5.74, 6) is 0.946. The molecule has 4 aromatic rings. The lowest BCUT2D eigenvalue weighted by molar-refractivity contribution is 0.0929. The Hall–Kier alpha value is -3.00. The Morgan fingerprint density at radius 2 is 1.94 bits per heavy atom. The van der Waals surface area contributed by atoms with Crippen LogP contribution in [0.25, 0.3) is 11.0 Å². The van der Waals surface area contributed by atoms with Gasteiger partial charge >= 0.3 is 5.91 Å². The van der Waals surface area contributed by atoms with Crippen molar-refractivity contribution in [3.8, 4) is 11.5 Å². The van der Waals surface area contributed by atoms with Gasteiger partial charge in [0.2, 0.25) is 0 Å². The van der Waals surface area contributed by atoms with Crippen molar-refractivity contribution >= 4 is 62.2 Å². The van der Waals surface area contributed by atoms with Crippen molar-refractivity contribution in [2.45, 2.75) is 13.5 Å². The third-order valence-electron chi connectivity index (χ3n) is 4.76. The highest BCUT2D eigenvalue weighted by Gasteiger charge is 2.13. The van der Waals surface area contributed by atoms with Gasteiger partial charge in [-0.05, 0) is 61.5 Å². The molecule has 174 valence electrons. The van der Waals surface area contributed by atoms with Crippen LogP contribution in [-0.2, 0) is 6.61 Å². The zero-order valence-electron chi connectivity index (χ0n) is 18.0. The van der Waals surface area contributed by atoms with Crippen molar-refractivity contribution in [3.63, 3.8) is 0 Å². The summed E-state index contributed by atoms with van der Waals surface area (Å²) < 4.78 is 17.9. The molecule has 9 heteroatoms. The van der Waals surface area contributed by atoms with Crippen molar-refractivity contribution in [1.82, 2.24) is 5.43 Å². The van der Waals surface area contributed by atoms with Crippen LogP contribution < -0.4 is 14.9 Å². The normalized spacial score (nSPS) is 11.2. The lowest BCUT2D eigenvalue weighted by atomic mass is 10.2. The van der Waals surface area contributed by atoms with Crippen LogP contribution in [0.5, 0.6) is 11.5 Å². The predicted molar refractivity (Wildman–Crippen MR) is 137 cm³/mol. The van der Waals surface area contributed by atoms with E-state index in [1.54, 1.807) is 36.4 Å². The molecule has 3 aromatic carbocycles. The molecular formula is C25H19BrCl2N2O4. The molecule has 0 spiro atoms. The smallest absolute Gasteiger partial charge is 0.307 e. The molecule has 0 radical (unpaired) electrons. The van der Waals surface area contributed by atoms with E-state index < -0.39 is 5.91 Å². The lowest BCUT2D eigenvalue weighted by Crippen LogP contribution is -2.16. The number of furan rings is 1. The molecule has 0 aliphatic rings. The predicted octanol–water partition coefficient (Wildman–Crippen LogP) is 7.24. The Balaban J connectivity index is 1.45. The van der Waals surface area contributed by atoms with Gasteiger partial charge < -0.3 is 13.9 Å². The second-order valence-electron chi connectivity index (χ2n) is 7.15. The third kappa shape index (κ3) is 5.91. The minimum atomic E-state index is -0.476. The molecule has 6 nitrogen and oxygen atoms in total. The molecule has 1 amide bonds. The minimum absolute atomic E-state index is 0.142. The highest BCUT2D eigenvalue weighted by atomic mass is 79.9. The Kier molecular flexibility index (Phi) is 7.77. The van der Waals surface area contributed by atoms with E-state index in [2.05, 4.69) is 26.5 Å². The fourth-order valence-corrected chi connectivity index (χ4v) is 3.99. The Bertz CT molecular complexity index is 1370. The Labute approximate surface area is 214 Å². The molecule has 4 rings (SSSR count). The summed E-state index contributed by atoms with van der Waals surface area (Å²) in [4.78, 5) is 12.5. The number of hydrogen-bond acceptors (Lipinski definition) is 5. The molecule has 1 N–H and O–H groups in total. The van der Waals surface area contributed by atoms with Gasteiger partial charge in [-0.25, -0.2) is 5.43 Å². The topological polar surface area (TPSA) is 73.1 Å². The summed E-state index contributed by atoms with van der Waals surface area (Å²) in [6, 6.07) is 17.7. The number of benzene rings is 3. The van der Waals surface area contributed by atoms with Gasteiger partial charge in [-0.2, -0.15) is 5.10 Å². The monoisotopic (exact) mass is 560 g/mol. The first kappa shape index (κ1) is 24.1. The zero-order valence-corrected chi connectivity index (χ0v) is 21.1. The van der Waals surface area contributed by atoms with E-state index in [0.717, 1.165) is 15.4 Å². The summed E-state index contributed by atoms with van der Waals surface area (Å²) in [7, 11) is 0. The van der Waals surface area contributed by atoms with Crippen molar-refractivity contribution in [2.24, 2.45) is 5.10 Å². The van der Waals surface area contributed by atoms with Crippen LogP contribution in [0.4, 0.5) is 0 Å². The van der Waals surface area contributed by atoms with Gasteiger partial charge in [-0.15, -0.1) is 0 Å². The maximum atomic E-state index is 12.5. The fraction of sp³-hybridized carbons (Fsp3) is 0.120. The van der Waals surface area contributed by atoms with E-state index in [1.807, 2.05) is 31.2 Å². The second-order valence-corrected chi connectivity index (χ2v) is 8.91. The number of halogens is 3. The number of nitrogens with one attached hydrogen (secondary N) is 1. The van der Waals surface area contributed by atoms with E-state index in [-0.39, 0.29) is 12.4 Å². The Morgan fingerprint density at radius 1 is 1.09 bits per heavy atom. The SMILES string of the molecule is CCOc1ccc2oc(C(=O)N/N=C/c3cc(Br)ccc3OCc3ccc(Cl)cc3Cl)cc2c1. The van der Waals surface area contributed by atoms with E-state index in [9.17, 15) is 4.79 Å². The number of hydrazone groups is 1.